The Morgan fingerprint density at radius 3 is 2.59 bits per heavy atom. The molecular weight excluding hydrogens is 283 g/mol. The van der Waals surface area contributed by atoms with Crippen LogP contribution in [0.15, 0.2) is 42.5 Å². The molecule has 0 bridgehead atoms. The molecule has 0 saturated heterocycles. The molecule has 3 N–H and O–H groups in total. The van der Waals surface area contributed by atoms with Crippen LogP contribution in [0.1, 0.15) is 40.7 Å². The van der Waals surface area contributed by atoms with E-state index in [2.05, 4.69) is 0 Å². The number of aliphatic hydroxyl groups excluding tert-OH is 3. The molecule has 0 unspecified atom stereocenters. The van der Waals surface area contributed by atoms with Gasteiger partial charge in [-0.2, -0.15) is 0 Å². The Kier molecular flexibility index (Phi) is 4.25. The number of hydrogen-bond donors (Lipinski definition) is 3. The van der Waals surface area contributed by atoms with Crippen molar-refractivity contribution in [2.75, 3.05) is 6.61 Å². The fraction of sp³-hybridized carbons (Fsp3) is 0.333. The summed E-state index contributed by atoms with van der Waals surface area (Å²) >= 11 is 0. The molecule has 0 amide bonds. The second kappa shape index (κ2) is 6.16. The minimum atomic E-state index is -0.914. The number of benzene rings is 2. The fourth-order valence-electron chi connectivity index (χ4n) is 3.27. The van der Waals surface area contributed by atoms with E-state index in [1.54, 1.807) is 6.07 Å². The zero-order valence-electron chi connectivity index (χ0n) is 12.1. The summed E-state index contributed by atoms with van der Waals surface area (Å²) in [5.74, 6) is -0.758. The van der Waals surface area contributed by atoms with Gasteiger partial charge in [0, 0.05) is 5.92 Å². The summed E-state index contributed by atoms with van der Waals surface area (Å²) < 4.78 is 13.6. The van der Waals surface area contributed by atoms with Crippen molar-refractivity contribution < 1.29 is 19.7 Å². The van der Waals surface area contributed by atoms with E-state index >= 15 is 0 Å². The molecule has 116 valence electrons. The Balaban J connectivity index is 2.11. The molecule has 0 heterocycles. The molecule has 0 aliphatic heterocycles. The van der Waals surface area contributed by atoms with Crippen LogP contribution in [-0.2, 0) is 6.42 Å². The Morgan fingerprint density at radius 2 is 1.82 bits per heavy atom. The van der Waals surface area contributed by atoms with Gasteiger partial charge in [0.1, 0.15) is 5.82 Å². The largest absolute Gasteiger partial charge is 0.394 e. The molecule has 2 aromatic rings. The summed E-state index contributed by atoms with van der Waals surface area (Å²) in [6, 6.07) is 12.2. The van der Waals surface area contributed by atoms with E-state index in [-0.39, 0.29) is 24.8 Å². The van der Waals surface area contributed by atoms with E-state index in [0.29, 0.717) is 12.0 Å². The number of halogens is 1. The lowest BCUT2D eigenvalue weighted by Gasteiger charge is -2.25. The topological polar surface area (TPSA) is 60.7 Å². The van der Waals surface area contributed by atoms with Gasteiger partial charge in [-0.1, -0.05) is 30.3 Å². The maximum atomic E-state index is 13.6. The molecule has 22 heavy (non-hydrogen) atoms. The Labute approximate surface area is 128 Å². The second-order valence-electron chi connectivity index (χ2n) is 5.84. The lowest BCUT2D eigenvalue weighted by molar-refractivity contribution is 0.0560. The van der Waals surface area contributed by atoms with Crippen LogP contribution in [-0.4, -0.2) is 28.0 Å². The predicted molar refractivity (Wildman–Crippen MR) is 81.1 cm³/mol. The molecule has 0 saturated carbocycles. The van der Waals surface area contributed by atoms with E-state index in [9.17, 15) is 14.6 Å². The van der Waals surface area contributed by atoms with E-state index in [4.69, 9.17) is 5.11 Å². The van der Waals surface area contributed by atoms with E-state index in [0.717, 1.165) is 16.7 Å². The van der Waals surface area contributed by atoms with Crippen LogP contribution in [0.5, 0.6) is 0 Å². The maximum Gasteiger partial charge on any atom is 0.123 e. The van der Waals surface area contributed by atoms with Crippen molar-refractivity contribution in [1.29, 1.82) is 0 Å². The van der Waals surface area contributed by atoms with E-state index < -0.39 is 12.2 Å². The molecule has 2 aromatic carbocycles. The smallest absolute Gasteiger partial charge is 0.123 e. The van der Waals surface area contributed by atoms with Gasteiger partial charge in [-0.25, -0.2) is 4.39 Å². The number of rotatable bonds is 3. The summed E-state index contributed by atoms with van der Waals surface area (Å²) in [6.07, 6.45) is -0.975. The number of fused-ring (bicyclic) bond motifs is 2. The average Bonchev–Trinajstić information content (AvgIpc) is 2.64. The first-order chi connectivity index (χ1) is 10.6. The van der Waals surface area contributed by atoms with Crippen molar-refractivity contribution in [1.82, 2.24) is 0 Å². The Bertz CT molecular complexity index is 671. The van der Waals surface area contributed by atoms with E-state index in [1.807, 2.05) is 24.3 Å². The lowest BCUT2D eigenvalue weighted by Crippen LogP contribution is -2.21. The van der Waals surface area contributed by atoms with Crippen LogP contribution in [0.25, 0.3) is 0 Å². The molecule has 0 fully saturated rings. The van der Waals surface area contributed by atoms with Gasteiger partial charge in [0.05, 0.1) is 18.8 Å². The molecule has 0 aromatic heterocycles. The van der Waals surface area contributed by atoms with Crippen molar-refractivity contribution in [3.05, 3.63) is 70.5 Å². The first-order valence-electron chi connectivity index (χ1n) is 7.43. The van der Waals surface area contributed by atoms with Crippen LogP contribution in [0.2, 0.25) is 0 Å². The molecule has 3 rings (SSSR count). The molecule has 0 spiro atoms. The van der Waals surface area contributed by atoms with Crippen LogP contribution in [0.3, 0.4) is 0 Å². The normalized spacial score (nSPS) is 21.6. The summed E-state index contributed by atoms with van der Waals surface area (Å²) in [4.78, 5) is 0. The van der Waals surface area contributed by atoms with Crippen molar-refractivity contribution in [3.8, 4) is 0 Å². The van der Waals surface area contributed by atoms with Gasteiger partial charge in [-0.3, -0.25) is 0 Å². The monoisotopic (exact) mass is 302 g/mol. The van der Waals surface area contributed by atoms with Crippen LogP contribution in [0, 0.1) is 5.82 Å². The zero-order valence-corrected chi connectivity index (χ0v) is 12.1. The molecule has 1 aliphatic carbocycles. The Morgan fingerprint density at radius 1 is 1.09 bits per heavy atom. The fourth-order valence-corrected chi connectivity index (χ4v) is 3.27. The van der Waals surface area contributed by atoms with Crippen molar-refractivity contribution in [3.63, 3.8) is 0 Å². The minimum Gasteiger partial charge on any atom is -0.394 e. The van der Waals surface area contributed by atoms with Crippen molar-refractivity contribution in [2.45, 2.75) is 31.0 Å². The van der Waals surface area contributed by atoms with Gasteiger partial charge in [-0.15, -0.1) is 0 Å². The van der Waals surface area contributed by atoms with Crippen LogP contribution < -0.4 is 0 Å². The lowest BCUT2D eigenvalue weighted by atomic mass is 9.85. The first kappa shape index (κ1) is 15.2. The summed E-state index contributed by atoms with van der Waals surface area (Å²) in [7, 11) is 0. The molecule has 4 heteroatoms. The second-order valence-corrected chi connectivity index (χ2v) is 5.84. The van der Waals surface area contributed by atoms with Crippen molar-refractivity contribution >= 4 is 0 Å². The number of hydrogen-bond acceptors (Lipinski definition) is 3. The van der Waals surface area contributed by atoms with Crippen molar-refractivity contribution in [2.24, 2.45) is 0 Å². The van der Waals surface area contributed by atoms with Gasteiger partial charge < -0.3 is 15.3 Å². The maximum absolute atomic E-state index is 13.6. The highest BCUT2D eigenvalue weighted by Gasteiger charge is 2.31. The van der Waals surface area contributed by atoms with Gasteiger partial charge in [0.15, 0.2) is 0 Å². The van der Waals surface area contributed by atoms with Gasteiger partial charge in [-0.05, 0) is 47.2 Å². The van der Waals surface area contributed by atoms with Gasteiger partial charge in [0.25, 0.3) is 0 Å². The molecular formula is C18H19FO3. The highest BCUT2D eigenvalue weighted by atomic mass is 19.1. The highest BCUT2D eigenvalue weighted by molar-refractivity contribution is 5.44. The van der Waals surface area contributed by atoms with Crippen LogP contribution >= 0.6 is 0 Å². The molecule has 1 aliphatic rings. The molecule has 0 radical (unpaired) electrons. The Hall–Kier alpha value is -1.75. The van der Waals surface area contributed by atoms with Crippen LogP contribution in [0.4, 0.5) is 4.39 Å². The number of aliphatic hydroxyl groups is 3. The standard InChI is InChI=1S/C18H19FO3/c19-13-6-5-12-7-11-3-1-2-4-15(11)17(9-14(21)10-20)18(22)16(12)8-13/h1-6,8,14,17-18,20-22H,7,9-10H2/t14-,17-,18-/m1/s1. The summed E-state index contributed by atoms with van der Waals surface area (Å²) in [6.45, 7) is -0.360. The molecule has 3 nitrogen and oxygen atoms in total. The van der Waals surface area contributed by atoms with Gasteiger partial charge >= 0.3 is 0 Å². The zero-order chi connectivity index (χ0) is 15.7. The molecule has 3 atom stereocenters. The quantitative estimate of drug-likeness (QED) is 0.815. The summed E-state index contributed by atoms with van der Waals surface area (Å²) in [5, 5.41) is 29.7. The third-order valence-corrected chi connectivity index (χ3v) is 4.38. The van der Waals surface area contributed by atoms with Gasteiger partial charge in [0.2, 0.25) is 0 Å². The predicted octanol–water partition coefficient (Wildman–Crippen LogP) is 2.29. The summed E-state index contributed by atoms with van der Waals surface area (Å²) in [5.41, 5.74) is 3.45. The van der Waals surface area contributed by atoms with E-state index in [1.165, 1.54) is 12.1 Å². The SMILES string of the molecule is OC[C@H](O)C[C@@H]1c2ccccc2Cc2ccc(F)cc2[C@H]1O. The highest BCUT2D eigenvalue weighted by Crippen LogP contribution is 2.41. The average molecular weight is 302 g/mol. The minimum absolute atomic E-state index is 0.227. The third-order valence-electron chi connectivity index (χ3n) is 4.38. The first-order valence-corrected chi connectivity index (χ1v) is 7.43. The third kappa shape index (κ3) is 2.77.